The Labute approximate surface area is 316 Å². The third-order valence-corrected chi connectivity index (χ3v) is 11.7. The van der Waals surface area contributed by atoms with Gasteiger partial charge < -0.3 is 4.90 Å². The smallest absolute Gasteiger partial charge is 0.0726 e. The van der Waals surface area contributed by atoms with Gasteiger partial charge in [0.1, 0.15) is 0 Å². The lowest BCUT2D eigenvalue weighted by Crippen LogP contribution is -2.26. The van der Waals surface area contributed by atoms with Crippen LogP contribution in [0, 0.1) is 0 Å². The first-order valence-electron chi connectivity index (χ1n) is 18.8. The first kappa shape index (κ1) is 30.6. The summed E-state index contributed by atoms with van der Waals surface area (Å²) in [5, 5.41) is 2.51. The fourth-order valence-corrected chi connectivity index (χ4v) is 9.35. The molecule has 0 bridgehead atoms. The number of hydrogen-bond donors (Lipinski definition) is 0. The van der Waals surface area contributed by atoms with Crippen LogP contribution in [0.5, 0.6) is 0 Å². The van der Waals surface area contributed by atoms with Crippen LogP contribution >= 0.6 is 0 Å². The van der Waals surface area contributed by atoms with Crippen molar-refractivity contribution in [2.45, 2.75) is 5.41 Å². The summed E-state index contributed by atoms with van der Waals surface area (Å²) >= 11 is 0. The summed E-state index contributed by atoms with van der Waals surface area (Å²) < 4.78 is 0. The first-order valence-corrected chi connectivity index (χ1v) is 18.8. The molecule has 0 amide bonds. The maximum Gasteiger partial charge on any atom is 0.0726 e. The van der Waals surface area contributed by atoms with Gasteiger partial charge in [0.15, 0.2) is 0 Å². The highest BCUT2D eigenvalue weighted by Gasteiger charge is 2.51. The zero-order valence-electron chi connectivity index (χ0n) is 29.7. The van der Waals surface area contributed by atoms with Crippen LogP contribution in [0.3, 0.4) is 0 Å². The van der Waals surface area contributed by atoms with E-state index in [2.05, 4.69) is 217 Å². The Morgan fingerprint density at radius 2 is 0.778 bits per heavy atom. The van der Waals surface area contributed by atoms with E-state index in [0.29, 0.717) is 0 Å². The summed E-state index contributed by atoms with van der Waals surface area (Å²) in [6, 6.07) is 78.3. The minimum absolute atomic E-state index is 0.417. The van der Waals surface area contributed by atoms with Gasteiger partial charge in [-0.3, -0.25) is 0 Å². The van der Waals surface area contributed by atoms with Crippen LogP contribution in [0.25, 0.3) is 55.3 Å². The van der Waals surface area contributed by atoms with E-state index in [1.165, 1.54) is 77.5 Å². The normalized spacial score (nSPS) is 13.0. The molecule has 1 nitrogen and oxygen atoms in total. The van der Waals surface area contributed by atoms with Gasteiger partial charge >= 0.3 is 0 Å². The molecule has 54 heavy (non-hydrogen) atoms. The molecule has 9 aromatic rings. The number of fused-ring (bicyclic) bond motifs is 11. The van der Waals surface area contributed by atoms with Crippen LogP contribution in [0.1, 0.15) is 22.3 Å². The Morgan fingerprint density at radius 1 is 0.278 bits per heavy atom. The molecule has 2 aliphatic rings. The largest absolute Gasteiger partial charge is 0.310 e. The van der Waals surface area contributed by atoms with Gasteiger partial charge in [0.2, 0.25) is 0 Å². The van der Waals surface area contributed by atoms with Gasteiger partial charge in [0, 0.05) is 16.9 Å². The molecule has 0 saturated heterocycles. The van der Waals surface area contributed by atoms with E-state index in [9.17, 15) is 0 Å². The van der Waals surface area contributed by atoms with Gasteiger partial charge in [-0.05, 0) is 108 Å². The summed E-state index contributed by atoms with van der Waals surface area (Å²) in [5.41, 5.74) is 18.4. The third kappa shape index (κ3) is 4.45. The maximum atomic E-state index is 2.48. The Kier molecular flexibility index (Phi) is 6.84. The first-order chi connectivity index (χ1) is 26.8. The number of hydrogen-bond acceptors (Lipinski definition) is 1. The molecule has 0 aliphatic heterocycles. The summed E-state index contributed by atoms with van der Waals surface area (Å²) in [6.45, 7) is 0. The molecule has 252 valence electrons. The van der Waals surface area contributed by atoms with Crippen LogP contribution in [0.2, 0.25) is 0 Å². The second kappa shape index (κ2) is 12.0. The van der Waals surface area contributed by atoms with E-state index in [-0.39, 0.29) is 0 Å². The highest BCUT2D eigenvalue weighted by atomic mass is 15.1. The number of para-hydroxylation sites is 1. The minimum Gasteiger partial charge on any atom is -0.310 e. The lowest BCUT2D eigenvalue weighted by atomic mass is 9.70. The zero-order valence-corrected chi connectivity index (χ0v) is 29.7. The van der Waals surface area contributed by atoms with Crippen LogP contribution in [-0.4, -0.2) is 0 Å². The van der Waals surface area contributed by atoms with Crippen molar-refractivity contribution in [1.82, 2.24) is 0 Å². The standard InChI is InChI=1S/C53H35N/c1-2-15-38(16-3-1)43-18-9-13-25-52(43)54(41-30-28-37(29-31-41)40-27-26-36-14-4-5-17-39(36)34-40)42-32-33-47-46-21-8-12-24-50(46)53(51(47)35-42)48-22-10-6-19-44(48)45-20-7-11-23-49(45)53/h1-35H. The predicted molar refractivity (Wildman–Crippen MR) is 226 cm³/mol. The molecule has 0 atom stereocenters. The van der Waals surface area contributed by atoms with Crippen molar-refractivity contribution < 1.29 is 0 Å². The molecule has 11 rings (SSSR count). The van der Waals surface area contributed by atoms with Crippen molar-refractivity contribution in [2.75, 3.05) is 4.90 Å². The van der Waals surface area contributed by atoms with E-state index in [1.54, 1.807) is 0 Å². The van der Waals surface area contributed by atoms with E-state index < -0.39 is 5.41 Å². The molecule has 0 N–H and O–H groups in total. The molecule has 2 aliphatic carbocycles. The molecule has 0 radical (unpaired) electrons. The van der Waals surface area contributed by atoms with Crippen molar-refractivity contribution in [3.05, 3.63) is 235 Å². The lowest BCUT2D eigenvalue weighted by Gasteiger charge is -2.32. The van der Waals surface area contributed by atoms with Crippen LogP contribution < -0.4 is 4.90 Å². The van der Waals surface area contributed by atoms with Gasteiger partial charge in [-0.15, -0.1) is 0 Å². The average Bonchev–Trinajstić information content (AvgIpc) is 3.71. The zero-order chi connectivity index (χ0) is 35.6. The molecule has 1 heteroatoms. The van der Waals surface area contributed by atoms with Gasteiger partial charge in [0.05, 0.1) is 11.1 Å². The SMILES string of the molecule is c1ccc(-c2ccccc2N(c2ccc(-c3ccc4ccccc4c3)cc2)c2ccc3c(c2)C2(c4ccccc4-c4ccccc42)c2ccccc2-3)cc1. The number of anilines is 3. The molecule has 0 unspecified atom stereocenters. The Hall–Kier alpha value is -6.96. The minimum atomic E-state index is -0.417. The maximum absolute atomic E-state index is 2.48. The Bertz CT molecular complexity index is 2820. The highest BCUT2D eigenvalue weighted by Crippen LogP contribution is 2.63. The fourth-order valence-electron chi connectivity index (χ4n) is 9.35. The monoisotopic (exact) mass is 685 g/mol. The summed E-state index contributed by atoms with van der Waals surface area (Å²) in [4.78, 5) is 2.45. The number of nitrogens with zero attached hydrogens (tertiary/aromatic N) is 1. The quantitative estimate of drug-likeness (QED) is 0.174. The highest BCUT2D eigenvalue weighted by molar-refractivity contribution is 5.97. The van der Waals surface area contributed by atoms with E-state index in [1.807, 2.05) is 0 Å². The van der Waals surface area contributed by atoms with Crippen LogP contribution in [-0.2, 0) is 5.41 Å². The van der Waals surface area contributed by atoms with Crippen molar-refractivity contribution in [2.24, 2.45) is 0 Å². The fraction of sp³-hybridized carbons (Fsp3) is 0.0189. The van der Waals surface area contributed by atoms with Gasteiger partial charge in [-0.25, -0.2) is 0 Å². The summed E-state index contributed by atoms with van der Waals surface area (Å²) in [5.74, 6) is 0. The van der Waals surface area contributed by atoms with Gasteiger partial charge in [-0.1, -0.05) is 176 Å². The van der Waals surface area contributed by atoms with Crippen LogP contribution in [0.15, 0.2) is 212 Å². The summed E-state index contributed by atoms with van der Waals surface area (Å²) in [6.07, 6.45) is 0. The second-order valence-electron chi connectivity index (χ2n) is 14.4. The molecule has 0 fully saturated rings. The van der Waals surface area contributed by atoms with Gasteiger partial charge in [-0.2, -0.15) is 0 Å². The van der Waals surface area contributed by atoms with Crippen LogP contribution in [0.4, 0.5) is 17.1 Å². The average molecular weight is 686 g/mol. The lowest BCUT2D eigenvalue weighted by molar-refractivity contribution is 0.793. The number of rotatable bonds is 5. The second-order valence-corrected chi connectivity index (χ2v) is 14.4. The van der Waals surface area contributed by atoms with E-state index in [0.717, 1.165) is 17.1 Å². The third-order valence-electron chi connectivity index (χ3n) is 11.7. The summed E-state index contributed by atoms with van der Waals surface area (Å²) in [7, 11) is 0. The van der Waals surface area contributed by atoms with Crippen molar-refractivity contribution >= 4 is 27.8 Å². The van der Waals surface area contributed by atoms with Crippen molar-refractivity contribution in [3.63, 3.8) is 0 Å². The van der Waals surface area contributed by atoms with Crippen molar-refractivity contribution in [3.8, 4) is 44.5 Å². The van der Waals surface area contributed by atoms with Gasteiger partial charge in [0.25, 0.3) is 0 Å². The molecular formula is C53H35N. The Balaban J connectivity index is 1.14. The topological polar surface area (TPSA) is 3.24 Å². The Morgan fingerprint density at radius 3 is 1.44 bits per heavy atom. The molecule has 1 spiro atoms. The molecule has 0 saturated carbocycles. The molecule has 0 aromatic heterocycles. The van der Waals surface area contributed by atoms with E-state index >= 15 is 0 Å². The predicted octanol–water partition coefficient (Wildman–Crippen LogP) is 14.0. The molecular weight excluding hydrogens is 651 g/mol. The van der Waals surface area contributed by atoms with E-state index in [4.69, 9.17) is 0 Å². The number of benzene rings is 9. The molecule has 0 heterocycles. The molecule has 9 aromatic carbocycles. The van der Waals surface area contributed by atoms with Crippen molar-refractivity contribution in [1.29, 1.82) is 0 Å².